The van der Waals surface area contributed by atoms with Crippen molar-refractivity contribution in [3.63, 3.8) is 0 Å². The standard InChI is InChI=1S/C13H19N3O.ClH/c1-14-13(17)16-12-5-3-2-4-11(12)10-6-8-15-9-7-10;/h2-5,10,15H,6-9H2,1H3,(H2,14,16,17);1H. The van der Waals surface area contributed by atoms with Crippen molar-refractivity contribution in [3.05, 3.63) is 29.8 Å². The van der Waals surface area contributed by atoms with Crippen LogP contribution < -0.4 is 16.0 Å². The summed E-state index contributed by atoms with van der Waals surface area (Å²) in [6.07, 6.45) is 2.26. The summed E-state index contributed by atoms with van der Waals surface area (Å²) in [5, 5.41) is 8.82. The average Bonchev–Trinajstić information content (AvgIpc) is 2.40. The molecular weight excluding hydrogens is 250 g/mol. The van der Waals surface area contributed by atoms with Crippen molar-refractivity contribution in [1.82, 2.24) is 10.6 Å². The van der Waals surface area contributed by atoms with Crippen LogP contribution in [0.4, 0.5) is 10.5 Å². The molecule has 1 fully saturated rings. The number of carbonyl (C=O) groups excluding carboxylic acids is 1. The fourth-order valence-electron chi connectivity index (χ4n) is 2.28. The molecule has 0 radical (unpaired) electrons. The van der Waals surface area contributed by atoms with Crippen LogP contribution in [0.25, 0.3) is 0 Å². The first kappa shape index (κ1) is 14.8. The van der Waals surface area contributed by atoms with Crippen LogP contribution in [-0.2, 0) is 0 Å². The molecule has 1 aromatic carbocycles. The normalized spacial score (nSPS) is 15.6. The second-order valence-electron chi connectivity index (χ2n) is 4.32. The Morgan fingerprint density at radius 2 is 1.94 bits per heavy atom. The fraction of sp³-hybridized carbons (Fsp3) is 0.462. The van der Waals surface area contributed by atoms with Crippen LogP contribution >= 0.6 is 12.4 Å². The Kier molecular flexibility index (Phi) is 5.95. The summed E-state index contributed by atoms with van der Waals surface area (Å²) in [6, 6.07) is 7.90. The second-order valence-corrected chi connectivity index (χ2v) is 4.32. The van der Waals surface area contributed by atoms with Gasteiger partial charge in [0, 0.05) is 12.7 Å². The minimum absolute atomic E-state index is 0. The number of urea groups is 1. The smallest absolute Gasteiger partial charge is 0.318 e. The molecule has 100 valence electrons. The van der Waals surface area contributed by atoms with Gasteiger partial charge in [-0.15, -0.1) is 12.4 Å². The molecule has 1 aliphatic rings. The van der Waals surface area contributed by atoms with Gasteiger partial charge in [-0.3, -0.25) is 0 Å². The number of anilines is 1. The Morgan fingerprint density at radius 1 is 1.28 bits per heavy atom. The number of para-hydroxylation sites is 1. The van der Waals surface area contributed by atoms with Crippen LogP contribution in [0.3, 0.4) is 0 Å². The lowest BCUT2D eigenvalue weighted by molar-refractivity contribution is 0.254. The molecule has 0 unspecified atom stereocenters. The van der Waals surface area contributed by atoms with Gasteiger partial charge in [-0.25, -0.2) is 4.79 Å². The summed E-state index contributed by atoms with van der Waals surface area (Å²) >= 11 is 0. The van der Waals surface area contributed by atoms with Gasteiger partial charge in [0.1, 0.15) is 0 Å². The second kappa shape index (κ2) is 7.24. The number of rotatable bonds is 2. The molecule has 0 saturated carbocycles. The number of nitrogens with one attached hydrogen (secondary N) is 3. The Labute approximate surface area is 114 Å². The minimum Gasteiger partial charge on any atom is -0.341 e. The van der Waals surface area contributed by atoms with Crippen molar-refractivity contribution in [2.75, 3.05) is 25.5 Å². The van der Waals surface area contributed by atoms with E-state index in [-0.39, 0.29) is 18.4 Å². The molecule has 1 saturated heterocycles. The van der Waals surface area contributed by atoms with Crippen LogP contribution in [0, 0.1) is 0 Å². The molecule has 0 bridgehead atoms. The predicted molar refractivity (Wildman–Crippen MR) is 76.6 cm³/mol. The minimum atomic E-state index is -0.161. The average molecular weight is 270 g/mol. The highest BCUT2D eigenvalue weighted by Crippen LogP contribution is 2.30. The third-order valence-electron chi connectivity index (χ3n) is 3.22. The Hall–Kier alpha value is -1.26. The van der Waals surface area contributed by atoms with E-state index in [1.807, 2.05) is 18.2 Å². The molecule has 1 heterocycles. The van der Waals surface area contributed by atoms with E-state index in [4.69, 9.17) is 0 Å². The maximum absolute atomic E-state index is 11.4. The van der Waals surface area contributed by atoms with E-state index in [1.165, 1.54) is 5.56 Å². The molecule has 1 aromatic rings. The van der Waals surface area contributed by atoms with Gasteiger partial charge in [0.05, 0.1) is 0 Å². The number of benzene rings is 1. The molecule has 0 spiro atoms. The highest BCUT2D eigenvalue weighted by molar-refractivity contribution is 5.90. The lowest BCUT2D eigenvalue weighted by Crippen LogP contribution is -2.28. The van der Waals surface area contributed by atoms with E-state index in [2.05, 4.69) is 22.0 Å². The van der Waals surface area contributed by atoms with Crippen LogP contribution in [0.1, 0.15) is 24.3 Å². The fourth-order valence-corrected chi connectivity index (χ4v) is 2.28. The van der Waals surface area contributed by atoms with E-state index in [0.717, 1.165) is 31.6 Å². The summed E-state index contributed by atoms with van der Waals surface area (Å²) < 4.78 is 0. The number of amides is 2. The zero-order valence-corrected chi connectivity index (χ0v) is 11.3. The van der Waals surface area contributed by atoms with Crippen LogP contribution in [0.2, 0.25) is 0 Å². The number of carbonyl (C=O) groups is 1. The monoisotopic (exact) mass is 269 g/mol. The van der Waals surface area contributed by atoms with Crippen molar-refractivity contribution in [1.29, 1.82) is 0 Å². The molecule has 5 heteroatoms. The summed E-state index contributed by atoms with van der Waals surface area (Å²) in [5.74, 6) is 0.546. The van der Waals surface area contributed by atoms with E-state index < -0.39 is 0 Å². The first-order valence-corrected chi connectivity index (χ1v) is 6.09. The third-order valence-corrected chi connectivity index (χ3v) is 3.22. The van der Waals surface area contributed by atoms with Gasteiger partial charge in [-0.1, -0.05) is 18.2 Å². The van der Waals surface area contributed by atoms with E-state index in [9.17, 15) is 4.79 Å². The van der Waals surface area contributed by atoms with E-state index in [0.29, 0.717) is 5.92 Å². The summed E-state index contributed by atoms with van der Waals surface area (Å²) in [7, 11) is 1.63. The summed E-state index contributed by atoms with van der Waals surface area (Å²) in [6.45, 7) is 2.11. The summed E-state index contributed by atoms with van der Waals surface area (Å²) in [5.41, 5.74) is 2.18. The molecule has 0 aromatic heterocycles. The Balaban J connectivity index is 0.00000162. The molecule has 4 nitrogen and oxygen atoms in total. The van der Waals surface area contributed by atoms with Crippen LogP contribution in [0.5, 0.6) is 0 Å². The number of hydrogen-bond acceptors (Lipinski definition) is 2. The lowest BCUT2D eigenvalue weighted by atomic mass is 9.89. The third kappa shape index (κ3) is 3.62. The van der Waals surface area contributed by atoms with Crippen molar-refractivity contribution < 1.29 is 4.79 Å². The lowest BCUT2D eigenvalue weighted by Gasteiger charge is -2.25. The van der Waals surface area contributed by atoms with Gasteiger partial charge in [0.2, 0.25) is 0 Å². The largest absolute Gasteiger partial charge is 0.341 e. The molecule has 0 atom stereocenters. The van der Waals surface area contributed by atoms with Crippen LogP contribution in [-0.4, -0.2) is 26.2 Å². The van der Waals surface area contributed by atoms with Crippen molar-refractivity contribution in [3.8, 4) is 0 Å². The zero-order chi connectivity index (χ0) is 12.1. The maximum atomic E-state index is 11.4. The van der Waals surface area contributed by atoms with Gasteiger partial charge in [-0.2, -0.15) is 0 Å². The SMILES string of the molecule is CNC(=O)Nc1ccccc1C1CCNCC1.Cl. The molecule has 0 aliphatic carbocycles. The van der Waals surface area contributed by atoms with Gasteiger partial charge in [0.15, 0.2) is 0 Å². The quantitative estimate of drug-likeness (QED) is 0.772. The maximum Gasteiger partial charge on any atom is 0.318 e. The molecule has 18 heavy (non-hydrogen) atoms. The van der Waals surface area contributed by atoms with Gasteiger partial charge < -0.3 is 16.0 Å². The van der Waals surface area contributed by atoms with Crippen molar-refractivity contribution in [2.45, 2.75) is 18.8 Å². The van der Waals surface area contributed by atoms with Gasteiger partial charge in [0.25, 0.3) is 0 Å². The van der Waals surface area contributed by atoms with Gasteiger partial charge >= 0.3 is 6.03 Å². The van der Waals surface area contributed by atoms with Crippen molar-refractivity contribution >= 4 is 24.1 Å². The molecule has 2 amide bonds. The molecule has 1 aliphatic heterocycles. The first-order valence-electron chi connectivity index (χ1n) is 6.09. The number of piperidine rings is 1. The van der Waals surface area contributed by atoms with Gasteiger partial charge in [-0.05, 0) is 43.5 Å². The predicted octanol–water partition coefficient (Wildman–Crippen LogP) is 2.33. The summed E-state index contributed by atoms with van der Waals surface area (Å²) in [4.78, 5) is 11.4. The van der Waals surface area contributed by atoms with E-state index >= 15 is 0 Å². The molecule has 3 N–H and O–H groups in total. The molecular formula is C13H20ClN3O. The van der Waals surface area contributed by atoms with Crippen molar-refractivity contribution in [2.24, 2.45) is 0 Å². The highest BCUT2D eigenvalue weighted by Gasteiger charge is 2.18. The Bertz CT molecular complexity index is 392. The molecule has 2 rings (SSSR count). The number of halogens is 1. The number of hydrogen-bond donors (Lipinski definition) is 3. The van der Waals surface area contributed by atoms with Crippen LogP contribution in [0.15, 0.2) is 24.3 Å². The zero-order valence-electron chi connectivity index (χ0n) is 10.5. The highest BCUT2D eigenvalue weighted by atomic mass is 35.5. The van der Waals surface area contributed by atoms with E-state index in [1.54, 1.807) is 7.05 Å². The topological polar surface area (TPSA) is 53.2 Å². The Morgan fingerprint density at radius 3 is 2.61 bits per heavy atom. The first-order chi connectivity index (χ1) is 8.31.